The molecular formula is C17H25Br. The molecule has 1 aliphatic carbocycles. The van der Waals surface area contributed by atoms with Crippen LogP contribution in [0, 0.1) is 16.7 Å². The van der Waals surface area contributed by atoms with Crippen LogP contribution in [0.3, 0.4) is 0 Å². The lowest BCUT2D eigenvalue weighted by Gasteiger charge is -2.14. The molecule has 0 saturated heterocycles. The van der Waals surface area contributed by atoms with Gasteiger partial charge in [-0.25, -0.2) is 0 Å². The van der Waals surface area contributed by atoms with E-state index in [0.717, 1.165) is 5.92 Å². The van der Waals surface area contributed by atoms with Gasteiger partial charge in [0.1, 0.15) is 0 Å². The Morgan fingerprint density at radius 2 is 1.28 bits per heavy atom. The highest BCUT2D eigenvalue weighted by molar-refractivity contribution is 9.09. The third kappa shape index (κ3) is 2.05. The fourth-order valence-electron chi connectivity index (χ4n) is 3.24. The maximum Gasteiger partial charge on any atom is 0.0434 e. The van der Waals surface area contributed by atoms with E-state index in [-0.39, 0.29) is 0 Å². The van der Waals surface area contributed by atoms with Crippen molar-refractivity contribution < 1.29 is 0 Å². The monoisotopic (exact) mass is 308 g/mol. The highest BCUT2D eigenvalue weighted by atomic mass is 79.9. The van der Waals surface area contributed by atoms with Gasteiger partial charge >= 0.3 is 0 Å². The standard InChI is InChI=1S/C17H25Br/c1-11(2)12-7-9-13(10-8-12)14(18)15-16(3,4)17(15,5)6/h7-11,14-15H,1-6H3. The average Bonchev–Trinajstić information content (AvgIpc) is 2.69. The molecule has 100 valence electrons. The van der Waals surface area contributed by atoms with Crippen molar-refractivity contribution in [2.24, 2.45) is 16.7 Å². The summed E-state index contributed by atoms with van der Waals surface area (Å²) in [5, 5.41) is 0. The second kappa shape index (κ2) is 4.37. The van der Waals surface area contributed by atoms with Gasteiger partial charge in [-0.05, 0) is 33.8 Å². The van der Waals surface area contributed by atoms with Gasteiger partial charge in [0.05, 0.1) is 0 Å². The molecular weight excluding hydrogens is 284 g/mol. The average molecular weight is 309 g/mol. The van der Waals surface area contributed by atoms with Crippen LogP contribution in [0.15, 0.2) is 24.3 Å². The van der Waals surface area contributed by atoms with Crippen molar-refractivity contribution in [2.75, 3.05) is 0 Å². The number of benzene rings is 1. The Labute approximate surface area is 120 Å². The lowest BCUT2D eigenvalue weighted by atomic mass is 9.98. The molecule has 1 unspecified atom stereocenters. The van der Waals surface area contributed by atoms with E-state index in [1.165, 1.54) is 11.1 Å². The van der Waals surface area contributed by atoms with Gasteiger partial charge in [0.25, 0.3) is 0 Å². The fourth-order valence-corrected chi connectivity index (χ4v) is 4.86. The van der Waals surface area contributed by atoms with Gasteiger partial charge in [0.15, 0.2) is 0 Å². The molecule has 0 aliphatic heterocycles. The third-order valence-corrected chi connectivity index (χ3v) is 6.40. The zero-order valence-electron chi connectivity index (χ0n) is 12.4. The second-order valence-electron chi connectivity index (χ2n) is 7.14. The number of halogens is 1. The van der Waals surface area contributed by atoms with Crippen LogP contribution in [-0.2, 0) is 0 Å². The summed E-state index contributed by atoms with van der Waals surface area (Å²) in [6.07, 6.45) is 0. The minimum absolute atomic E-state index is 0.428. The molecule has 0 N–H and O–H groups in total. The number of hydrogen-bond donors (Lipinski definition) is 0. The Morgan fingerprint density at radius 1 is 0.889 bits per heavy atom. The van der Waals surface area contributed by atoms with Gasteiger partial charge in [-0.2, -0.15) is 0 Å². The van der Waals surface area contributed by atoms with Crippen LogP contribution in [0.25, 0.3) is 0 Å². The predicted octanol–water partition coefficient (Wildman–Crippen LogP) is 5.93. The van der Waals surface area contributed by atoms with Crippen molar-refractivity contribution in [3.05, 3.63) is 35.4 Å². The number of hydrogen-bond acceptors (Lipinski definition) is 0. The normalized spacial score (nSPS) is 23.1. The van der Waals surface area contributed by atoms with Crippen molar-refractivity contribution in [3.63, 3.8) is 0 Å². The Hall–Kier alpha value is -0.300. The maximum absolute atomic E-state index is 3.93. The highest BCUT2D eigenvalue weighted by Gasteiger charge is 2.66. The Morgan fingerprint density at radius 3 is 1.61 bits per heavy atom. The lowest BCUT2D eigenvalue weighted by Crippen LogP contribution is -1.99. The molecule has 0 nitrogen and oxygen atoms in total. The summed E-state index contributed by atoms with van der Waals surface area (Å²) in [7, 11) is 0. The van der Waals surface area contributed by atoms with Gasteiger partial charge in [0.2, 0.25) is 0 Å². The largest absolute Gasteiger partial charge is 0.0835 e. The zero-order chi connectivity index (χ0) is 13.7. The van der Waals surface area contributed by atoms with Crippen LogP contribution in [0.4, 0.5) is 0 Å². The van der Waals surface area contributed by atoms with E-state index in [9.17, 15) is 0 Å². The van der Waals surface area contributed by atoms with Crippen molar-refractivity contribution in [3.8, 4) is 0 Å². The third-order valence-electron chi connectivity index (χ3n) is 5.35. The van der Waals surface area contributed by atoms with Crippen molar-refractivity contribution in [1.29, 1.82) is 0 Å². The summed E-state index contributed by atoms with van der Waals surface area (Å²) in [6, 6.07) is 9.13. The molecule has 1 fully saturated rings. The highest BCUT2D eigenvalue weighted by Crippen LogP contribution is 2.73. The molecule has 0 spiro atoms. The minimum Gasteiger partial charge on any atom is -0.0835 e. The molecule has 1 saturated carbocycles. The summed E-state index contributed by atoms with van der Waals surface area (Å²) in [5.41, 5.74) is 3.70. The molecule has 0 heterocycles. The second-order valence-corrected chi connectivity index (χ2v) is 8.13. The van der Waals surface area contributed by atoms with E-state index < -0.39 is 0 Å². The fraction of sp³-hybridized carbons (Fsp3) is 0.647. The van der Waals surface area contributed by atoms with E-state index in [4.69, 9.17) is 0 Å². The van der Waals surface area contributed by atoms with Gasteiger partial charge in [0, 0.05) is 4.83 Å². The Kier molecular flexibility index (Phi) is 3.43. The van der Waals surface area contributed by atoms with Crippen LogP contribution in [0.2, 0.25) is 0 Å². The van der Waals surface area contributed by atoms with Gasteiger partial charge in [-0.3, -0.25) is 0 Å². The topological polar surface area (TPSA) is 0 Å². The maximum atomic E-state index is 3.93. The first-order valence-electron chi connectivity index (χ1n) is 6.93. The molecule has 18 heavy (non-hydrogen) atoms. The summed E-state index contributed by atoms with van der Waals surface area (Å²) in [4.78, 5) is 0.476. The van der Waals surface area contributed by atoms with E-state index >= 15 is 0 Å². The van der Waals surface area contributed by atoms with Crippen LogP contribution in [-0.4, -0.2) is 0 Å². The van der Waals surface area contributed by atoms with E-state index in [0.29, 0.717) is 21.6 Å². The van der Waals surface area contributed by atoms with Gasteiger partial charge in [-0.1, -0.05) is 81.7 Å². The van der Waals surface area contributed by atoms with Gasteiger partial charge in [-0.15, -0.1) is 0 Å². The van der Waals surface area contributed by atoms with Crippen LogP contribution < -0.4 is 0 Å². The van der Waals surface area contributed by atoms with Crippen LogP contribution >= 0.6 is 15.9 Å². The van der Waals surface area contributed by atoms with E-state index in [1.807, 2.05) is 0 Å². The molecule has 0 amide bonds. The molecule has 1 aromatic carbocycles. The summed E-state index contributed by atoms with van der Waals surface area (Å²) < 4.78 is 0. The zero-order valence-corrected chi connectivity index (χ0v) is 14.0. The molecule has 0 bridgehead atoms. The SMILES string of the molecule is CC(C)c1ccc(C(Br)C2C(C)(C)C2(C)C)cc1. The molecule has 0 aromatic heterocycles. The number of rotatable bonds is 3. The lowest BCUT2D eigenvalue weighted by molar-refractivity contribution is 0.457. The molecule has 2 rings (SSSR count). The summed E-state index contributed by atoms with van der Waals surface area (Å²) in [6.45, 7) is 14.0. The Balaban J connectivity index is 2.19. The smallest absolute Gasteiger partial charge is 0.0434 e. The van der Waals surface area contributed by atoms with Crippen LogP contribution in [0.1, 0.15) is 63.4 Å². The first-order chi connectivity index (χ1) is 8.19. The van der Waals surface area contributed by atoms with Gasteiger partial charge < -0.3 is 0 Å². The minimum atomic E-state index is 0.428. The molecule has 0 radical (unpaired) electrons. The van der Waals surface area contributed by atoms with E-state index in [1.54, 1.807) is 0 Å². The molecule has 1 aromatic rings. The first-order valence-corrected chi connectivity index (χ1v) is 7.85. The molecule has 1 heteroatoms. The predicted molar refractivity (Wildman–Crippen MR) is 83.3 cm³/mol. The molecule has 1 aliphatic rings. The number of alkyl halides is 1. The molecule has 1 atom stereocenters. The van der Waals surface area contributed by atoms with Crippen molar-refractivity contribution in [2.45, 2.75) is 52.3 Å². The first kappa shape index (κ1) is 14.1. The quantitative estimate of drug-likeness (QED) is 0.607. The van der Waals surface area contributed by atoms with Crippen LogP contribution in [0.5, 0.6) is 0 Å². The summed E-state index contributed by atoms with van der Waals surface area (Å²) >= 11 is 3.93. The van der Waals surface area contributed by atoms with Crippen molar-refractivity contribution in [1.82, 2.24) is 0 Å². The Bertz CT molecular complexity index is 411. The van der Waals surface area contributed by atoms with Crippen molar-refractivity contribution >= 4 is 15.9 Å². The van der Waals surface area contributed by atoms with E-state index in [2.05, 4.69) is 81.7 Å². The summed E-state index contributed by atoms with van der Waals surface area (Å²) in [5.74, 6) is 1.33.